The van der Waals surface area contributed by atoms with Crippen LogP contribution in [0.3, 0.4) is 0 Å². The molecule has 0 aromatic heterocycles. The summed E-state index contributed by atoms with van der Waals surface area (Å²) in [4.78, 5) is 2.19. The largest absolute Gasteiger partial charge is 0.391 e. The van der Waals surface area contributed by atoms with Gasteiger partial charge in [0.15, 0.2) is 0 Å². The molecule has 0 spiro atoms. The van der Waals surface area contributed by atoms with Crippen LogP contribution in [0.25, 0.3) is 0 Å². The van der Waals surface area contributed by atoms with Crippen molar-refractivity contribution in [3.8, 4) is 0 Å². The SMILES string of the molecule is CCCNCc1cccc(Cl)c1N(C)C1CCCCC1O. The Kier molecular flexibility index (Phi) is 6.34. The zero-order valence-electron chi connectivity index (χ0n) is 13.1. The maximum atomic E-state index is 10.3. The van der Waals surface area contributed by atoms with E-state index >= 15 is 0 Å². The second-order valence-corrected chi connectivity index (χ2v) is 6.36. The molecule has 1 fully saturated rings. The molecule has 21 heavy (non-hydrogen) atoms. The summed E-state index contributed by atoms with van der Waals surface area (Å²) >= 11 is 6.45. The highest BCUT2D eigenvalue weighted by Crippen LogP contribution is 2.34. The van der Waals surface area contributed by atoms with Gasteiger partial charge in [-0.25, -0.2) is 0 Å². The summed E-state index contributed by atoms with van der Waals surface area (Å²) in [5.41, 5.74) is 2.27. The molecule has 2 unspecified atom stereocenters. The molecule has 4 heteroatoms. The van der Waals surface area contributed by atoms with E-state index < -0.39 is 0 Å². The number of rotatable bonds is 6. The van der Waals surface area contributed by atoms with Gasteiger partial charge in [0.25, 0.3) is 0 Å². The van der Waals surface area contributed by atoms with E-state index in [1.54, 1.807) is 0 Å². The van der Waals surface area contributed by atoms with Crippen molar-refractivity contribution < 1.29 is 5.11 Å². The molecule has 2 rings (SSSR count). The zero-order chi connectivity index (χ0) is 15.2. The molecule has 3 nitrogen and oxygen atoms in total. The van der Waals surface area contributed by atoms with Crippen molar-refractivity contribution in [1.82, 2.24) is 5.32 Å². The Balaban J connectivity index is 2.19. The van der Waals surface area contributed by atoms with Gasteiger partial charge in [0.2, 0.25) is 0 Å². The second kappa shape index (κ2) is 8.02. The lowest BCUT2D eigenvalue weighted by Gasteiger charge is -2.38. The van der Waals surface area contributed by atoms with Crippen LogP contribution in [-0.4, -0.2) is 30.8 Å². The number of nitrogens with one attached hydrogen (secondary N) is 1. The molecule has 0 bridgehead atoms. The first-order valence-corrected chi connectivity index (χ1v) is 8.42. The average Bonchev–Trinajstić information content (AvgIpc) is 2.47. The zero-order valence-corrected chi connectivity index (χ0v) is 13.9. The van der Waals surface area contributed by atoms with E-state index in [-0.39, 0.29) is 12.1 Å². The molecule has 0 aliphatic heterocycles. The summed E-state index contributed by atoms with van der Waals surface area (Å²) < 4.78 is 0. The van der Waals surface area contributed by atoms with Gasteiger partial charge in [0.05, 0.1) is 22.9 Å². The van der Waals surface area contributed by atoms with Crippen LogP contribution in [-0.2, 0) is 6.54 Å². The van der Waals surface area contributed by atoms with Crippen molar-refractivity contribution in [2.24, 2.45) is 0 Å². The molecule has 0 heterocycles. The van der Waals surface area contributed by atoms with E-state index in [1.807, 2.05) is 12.1 Å². The van der Waals surface area contributed by atoms with Crippen molar-refractivity contribution in [3.05, 3.63) is 28.8 Å². The minimum Gasteiger partial charge on any atom is -0.391 e. The number of hydrogen-bond acceptors (Lipinski definition) is 3. The average molecular weight is 311 g/mol. The van der Waals surface area contributed by atoms with Gasteiger partial charge in [-0.05, 0) is 37.4 Å². The third kappa shape index (κ3) is 4.12. The molecule has 0 radical (unpaired) electrons. The van der Waals surface area contributed by atoms with Gasteiger partial charge in [-0.2, -0.15) is 0 Å². The van der Waals surface area contributed by atoms with E-state index in [9.17, 15) is 5.11 Å². The van der Waals surface area contributed by atoms with E-state index in [1.165, 1.54) is 12.0 Å². The number of para-hydroxylation sites is 1. The molecule has 2 N–H and O–H groups in total. The van der Waals surface area contributed by atoms with Crippen LogP contribution in [0.1, 0.15) is 44.6 Å². The normalized spacial score (nSPS) is 22.3. The summed E-state index contributed by atoms with van der Waals surface area (Å²) in [6, 6.07) is 6.23. The molecule has 0 saturated heterocycles. The number of halogens is 1. The van der Waals surface area contributed by atoms with Crippen LogP contribution in [0.2, 0.25) is 5.02 Å². The van der Waals surface area contributed by atoms with Gasteiger partial charge in [-0.15, -0.1) is 0 Å². The Morgan fingerprint density at radius 2 is 2.10 bits per heavy atom. The molecular formula is C17H27ClN2O. The Labute approximate surface area is 133 Å². The molecule has 118 valence electrons. The minimum atomic E-state index is -0.253. The lowest BCUT2D eigenvalue weighted by Crippen LogP contribution is -2.44. The van der Waals surface area contributed by atoms with Gasteiger partial charge in [-0.3, -0.25) is 0 Å². The summed E-state index contributed by atoms with van der Waals surface area (Å²) in [6.45, 7) is 3.98. The van der Waals surface area contributed by atoms with Crippen LogP contribution in [0.5, 0.6) is 0 Å². The lowest BCUT2D eigenvalue weighted by atomic mass is 9.91. The van der Waals surface area contributed by atoms with E-state index in [0.717, 1.165) is 49.5 Å². The number of aliphatic hydroxyl groups is 1. The summed E-state index contributed by atoms with van der Waals surface area (Å²) in [5.74, 6) is 0. The number of benzene rings is 1. The first-order valence-electron chi connectivity index (χ1n) is 8.04. The standard InChI is InChI=1S/C17H27ClN2O/c1-3-11-19-12-13-7-6-8-14(18)17(13)20(2)15-9-4-5-10-16(15)21/h6-8,15-16,19,21H,3-5,9-12H2,1-2H3. The van der Waals surface area contributed by atoms with Crippen LogP contribution in [0.4, 0.5) is 5.69 Å². The molecule has 1 aliphatic rings. The second-order valence-electron chi connectivity index (χ2n) is 5.95. The van der Waals surface area contributed by atoms with E-state index in [2.05, 4.69) is 30.3 Å². The van der Waals surface area contributed by atoms with Crippen molar-refractivity contribution in [2.45, 2.75) is 57.7 Å². The predicted octanol–water partition coefficient (Wildman–Crippen LogP) is 3.58. The fraction of sp³-hybridized carbons (Fsp3) is 0.647. The highest BCUT2D eigenvalue weighted by molar-refractivity contribution is 6.33. The van der Waals surface area contributed by atoms with Crippen molar-refractivity contribution >= 4 is 17.3 Å². The molecule has 1 saturated carbocycles. The van der Waals surface area contributed by atoms with Crippen LogP contribution in [0.15, 0.2) is 18.2 Å². The minimum absolute atomic E-state index is 0.170. The smallest absolute Gasteiger partial charge is 0.0743 e. The van der Waals surface area contributed by atoms with Gasteiger partial charge < -0.3 is 15.3 Å². The van der Waals surface area contributed by atoms with Crippen molar-refractivity contribution in [3.63, 3.8) is 0 Å². The summed E-state index contributed by atoms with van der Waals surface area (Å²) in [7, 11) is 2.06. The third-order valence-electron chi connectivity index (χ3n) is 4.36. The number of hydrogen-bond donors (Lipinski definition) is 2. The van der Waals surface area contributed by atoms with Crippen LogP contribution < -0.4 is 10.2 Å². The van der Waals surface area contributed by atoms with Gasteiger partial charge in [0, 0.05) is 13.6 Å². The monoisotopic (exact) mass is 310 g/mol. The van der Waals surface area contributed by atoms with E-state index in [4.69, 9.17) is 11.6 Å². The van der Waals surface area contributed by atoms with Crippen LogP contribution in [0, 0.1) is 0 Å². The highest BCUT2D eigenvalue weighted by Gasteiger charge is 2.28. The number of aliphatic hydroxyl groups excluding tert-OH is 1. The first-order chi connectivity index (χ1) is 10.1. The van der Waals surface area contributed by atoms with E-state index in [0.29, 0.717) is 0 Å². The number of anilines is 1. The predicted molar refractivity (Wildman–Crippen MR) is 90.1 cm³/mol. The highest BCUT2D eigenvalue weighted by atomic mass is 35.5. The Morgan fingerprint density at radius 1 is 1.33 bits per heavy atom. The maximum absolute atomic E-state index is 10.3. The Morgan fingerprint density at radius 3 is 2.81 bits per heavy atom. The summed E-state index contributed by atoms with van der Waals surface area (Å²) in [5, 5.41) is 14.5. The summed E-state index contributed by atoms with van der Waals surface area (Å²) in [6.07, 6.45) is 5.09. The fourth-order valence-corrected chi connectivity index (χ4v) is 3.53. The van der Waals surface area contributed by atoms with Gasteiger partial charge in [0.1, 0.15) is 0 Å². The lowest BCUT2D eigenvalue weighted by molar-refractivity contribution is 0.106. The quantitative estimate of drug-likeness (QED) is 0.788. The number of likely N-dealkylation sites (N-methyl/N-ethyl adjacent to an activating group) is 1. The molecule has 1 aliphatic carbocycles. The third-order valence-corrected chi connectivity index (χ3v) is 4.66. The van der Waals surface area contributed by atoms with Gasteiger partial charge in [-0.1, -0.05) is 43.5 Å². The molecule has 0 amide bonds. The molecule has 2 atom stereocenters. The fourth-order valence-electron chi connectivity index (χ4n) is 3.21. The topological polar surface area (TPSA) is 35.5 Å². The Bertz CT molecular complexity index is 452. The molecule has 1 aromatic carbocycles. The van der Waals surface area contributed by atoms with Crippen molar-refractivity contribution in [2.75, 3.05) is 18.5 Å². The van der Waals surface area contributed by atoms with Crippen LogP contribution >= 0.6 is 11.6 Å². The van der Waals surface area contributed by atoms with Gasteiger partial charge >= 0.3 is 0 Å². The Hall–Kier alpha value is -0.770. The first kappa shape index (κ1) is 16.6. The molecular weight excluding hydrogens is 284 g/mol. The van der Waals surface area contributed by atoms with Crippen molar-refractivity contribution in [1.29, 1.82) is 0 Å². The molecule has 1 aromatic rings. The maximum Gasteiger partial charge on any atom is 0.0743 e. The number of nitrogens with zero attached hydrogens (tertiary/aromatic N) is 1.